The van der Waals surface area contributed by atoms with Gasteiger partial charge in [-0.2, -0.15) is 0 Å². The minimum atomic E-state index is -3.76. The molecule has 4 nitrogen and oxygen atoms in total. The van der Waals surface area contributed by atoms with Crippen LogP contribution in [0.3, 0.4) is 0 Å². The molecular weight excluding hydrogens is 693 g/mol. The van der Waals surface area contributed by atoms with Gasteiger partial charge in [-0.25, -0.2) is 8.42 Å². The highest BCUT2D eigenvalue weighted by atomic mass is 32.2. The normalized spacial score (nSPS) is 18.3. The van der Waals surface area contributed by atoms with Crippen LogP contribution in [0.4, 0.5) is 17.1 Å². The van der Waals surface area contributed by atoms with Crippen LogP contribution < -0.4 is 4.90 Å². The molecule has 8 aromatic rings. The Balaban J connectivity index is 1.14. The zero-order valence-electron chi connectivity index (χ0n) is 31.1. The molecule has 0 unspecified atom stereocenters. The zero-order valence-corrected chi connectivity index (χ0v) is 31.9. The summed E-state index contributed by atoms with van der Waals surface area (Å²) in [5.74, 6) is 2.01. The fourth-order valence-electron chi connectivity index (χ4n) is 10.0. The number of hydrogen-bond acceptors (Lipinski definition) is 3. The van der Waals surface area contributed by atoms with Crippen molar-refractivity contribution < 1.29 is 8.42 Å². The molecule has 0 N–H and O–H groups in total. The minimum Gasteiger partial charge on any atom is -0.310 e. The summed E-state index contributed by atoms with van der Waals surface area (Å²) >= 11 is 0. The first-order chi connectivity index (χ1) is 26.9. The summed E-state index contributed by atoms with van der Waals surface area (Å²) in [7, 11) is -3.76. The molecule has 272 valence electrons. The number of nitrogens with zero attached hydrogens (tertiary/aromatic N) is 2. The Hall–Kier alpha value is -5.65. The maximum atomic E-state index is 14.6. The van der Waals surface area contributed by atoms with Crippen LogP contribution in [0, 0.1) is 24.7 Å². The van der Waals surface area contributed by atoms with E-state index in [2.05, 4.69) is 131 Å². The lowest BCUT2D eigenvalue weighted by Crippen LogP contribution is -2.19. The summed E-state index contributed by atoms with van der Waals surface area (Å²) in [6, 6.07) is 54.5. The average molecular weight is 737 g/mol. The Morgan fingerprint density at radius 2 is 1.18 bits per heavy atom. The fraction of sp³-hybridized carbons (Fsp3) is 0.200. The SMILES string of the molecule is Cc1ccccc1S(=O)(=O)c1ccc(N(c2ccc(-n3c4ccccc4c4ccccc43)cc2)c2cccc3ccccc23)cc1C[C@@H]1C[C@@H]2CC[C@@H](C2)C1. The third-order valence-corrected chi connectivity index (χ3v) is 14.4. The van der Waals surface area contributed by atoms with E-state index in [-0.39, 0.29) is 0 Å². The van der Waals surface area contributed by atoms with Crippen molar-refractivity contribution in [1.82, 2.24) is 4.57 Å². The van der Waals surface area contributed by atoms with Crippen LogP contribution in [-0.4, -0.2) is 13.0 Å². The summed E-state index contributed by atoms with van der Waals surface area (Å²) in [5.41, 5.74) is 8.15. The Kier molecular flexibility index (Phi) is 8.37. The van der Waals surface area contributed by atoms with Crippen molar-refractivity contribution in [3.63, 3.8) is 0 Å². The second-order valence-corrected chi connectivity index (χ2v) is 17.8. The molecule has 0 amide bonds. The van der Waals surface area contributed by atoms with Crippen LogP contribution in [0.1, 0.15) is 43.2 Å². The van der Waals surface area contributed by atoms with Gasteiger partial charge in [0.05, 0.1) is 26.5 Å². The molecule has 0 spiro atoms. The lowest BCUT2D eigenvalue weighted by atomic mass is 9.78. The highest BCUT2D eigenvalue weighted by Crippen LogP contribution is 2.47. The van der Waals surface area contributed by atoms with Gasteiger partial charge >= 0.3 is 0 Å². The van der Waals surface area contributed by atoms with Gasteiger partial charge in [-0.3, -0.25) is 0 Å². The molecule has 1 heterocycles. The van der Waals surface area contributed by atoms with Crippen LogP contribution in [-0.2, 0) is 16.3 Å². The molecule has 2 aliphatic rings. The number of aromatic nitrogens is 1. The van der Waals surface area contributed by atoms with Crippen molar-refractivity contribution in [3.05, 3.63) is 169 Å². The van der Waals surface area contributed by atoms with E-state index in [4.69, 9.17) is 0 Å². The predicted molar refractivity (Wildman–Crippen MR) is 227 cm³/mol. The molecule has 2 aliphatic carbocycles. The van der Waals surface area contributed by atoms with E-state index < -0.39 is 9.84 Å². The molecule has 10 rings (SSSR count). The third kappa shape index (κ3) is 5.93. The molecule has 0 radical (unpaired) electrons. The number of rotatable bonds is 8. The second-order valence-electron chi connectivity index (χ2n) is 15.9. The largest absolute Gasteiger partial charge is 0.310 e. The number of hydrogen-bond donors (Lipinski definition) is 0. The van der Waals surface area contributed by atoms with Crippen molar-refractivity contribution in [2.24, 2.45) is 17.8 Å². The first-order valence-corrected chi connectivity index (χ1v) is 21.2. The second kappa shape index (κ2) is 13.6. The van der Waals surface area contributed by atoms with E-state index in [0.717, 1.165) is 62.9 Å². The highest BCUT2D eigenvalue weighted by molar-refractivity contribution is 7.91. The number of para-hydroxylation sites is 2. The smallest absolute Gasteiger partial charge is 0.207 e. The van der Waals surface area contributed by atoms with Crippen LogP contribution in [0.25, 0.3) is 38.3 Å². The average Bonchev–Trinajstić information content (AvgIpc) is 3.74. The van der Waals surface area contributed by atoms with E-state index in [1.165, 1.54) is 53.9 Å². The van der Waals surface area contributed by atoms with Gasteiger partial charge in [0.15, 0.2) is 0 Å². The lowest BCUT2D eigenvalue weighted by molar-refractivity contribution is 0.259. The van der Waals surface area contributed by atoms with E-state index >= 15 is 0 Å². The van der Waals surface area contributed by atoms with Gasteiger partial charge in [0.1, 0.15) is 0 Å². The maximum absolute atomic E-state index is 14.6. The molecule has 5 heteroatoms. The van der Waals surface area contributed by atoms with Crippen LogP contribution in [0.15, 0.2) is 168 Å². The minimum absolute atomic E-state index is 0.388. The molecule has 2 bridgehead atoms. The Labute approximate surface area is 323 Å². The molecule has 2 saturated carbocycles. The molecule has 2 fully saturated rings. The van der Waals surface area contributed by atoms with Crippen LogP contribution in [0.5, 0.6) is 0 Å². The third-order valence-electron chi connectivity index (χ3n) is 12.4. The number of sulfone groups is 1. The summed E-state index contributed by atoms with van der Waals surface area (Å²) < 4.78 is 31.5. The number of fused-ring (bicyclic) bond motifs is 6. The lowest BCUT2D eigenvalue weighted by Gasteiger charge is -2.30. The van der Waals surface area contributed by atoms with Gasteiger partial charge in [-0.15, -0.1) is 0 Å². The molecule has 55 heavy (non-hydrogen) atoms. The van der Waals surface area contributed by atoms with Crippen molar-refractivity contribution in [2.45, 2.75) is 55.2 Å². The van der Waals surface area contributed by atoms with Crippen molar-refractivity contribution in [2.75, 3.05) is 4.90 Å². The van der Waals surface area contributed by atoms with E-state index in [1.807, 2.05) is 37.3 Å². The van der Waals surface area contributed by atoms with Gasteiger partial charge < -0.3 is 9.47 Å². The van der Waals surface area contributed by atoms with Crippen molar-refractivity contribution in [1.29, 1.82) is 0 Å². The summed E-state index contributed by atoms with van der Waals surface area (Å²) in [5, 5.41) is 4.76. The molecule has 0 saturated heterocycles. The molecule has 7 aromatic carbocycles. The van der Waals surface area contributed by atoms with Crippen LogP contribution in [0.2, 0.25) is 0 Å². The molecule has 0 aliphatic heterocycles. The van der Waals surface area contributed by atoms with Gasteiger partial charge in [0.25, 0.3) is 0 Å². The number of aryl methyl sites for hydroxylation is 1. The van der Waals surface area contributed by atoms with Crippen molar-refractivity contribution in [3.8, 4) is 5.69 Å². The quantitative estimate of drug-likeness (QED) is 0.156. The number of anilines is 3. The number of benzene rings is 7. The summed E-state index contributed by atoms with van der Waals surface area (Å²) in [6.45, 7) is 1.89. The van der Waals surface area contributed by atoms with Crippen LogP contribution >= 0.6 is 0 Å². The first-order valence-electron chi connectivity index (χ1n) is 19.7. The van der Waals surface area contributed by atoms with Gasteiger partial charge in [-0.1, -0.05) is 104 Å². The maximum Gasteiger partial charge on any atom is 0.207 e. The first kappa shape index (κ1) is 33.9. The highest BCUT2D eigenvalue weighted by Gasteiger charge is 2.35. The summed E-state index contributed by atoms with van der Waals surface area (Å²) in [6.07, 6.45) is 7.09. The van der Waals surface area contributed by atoms with E-state index in [1.54, 1.807) is 6.07 Å². The van der Waals surface area contributed by atoms with E-state index in [9.17, 15) is 8.42 Å². The summed E-state index contributed by atoms with van der Waals surface area (Å²) in [4.78, 5) is 3.14. The van der Waals surface area contributed by atoms with Gasteiger partial charge in [-0.05, 0) is 134 Å². The monoisotopic (exact) mass is 736 g/mol. The van der Waals surface area contributed by atoms with Gasteiger partial charge in [0, 0.05) is 33.2 Å². The topological polar surface area (TPSA) is 42.3 Å². The Bertz CT molecular complexity index is 2770. The standard InChI is InChI=1S/C50H44N2O2S/c1-34-11-2-9-20-49(34)55(53,54)50-28-27-42(33-39(50)32-37-30-35-21-22-36(29-35)31-37)51(46-19-10-13-38-12-3-4-14-43(38)46)40-23-25-41(26-24-40)52-47-17-7-5-15-44(47)45-16-6-8-18-48(45)52/h2-20,23-28,33,35-37H,21-22,29-32H2,1H3/t35-,36+,37-. The van der Waals surface area contributed by atoms with Crippen molar-refractivity contribution >= 4 is 59.5 Å². The Morgan fingerprint density at radius 1 is 0.582 bits per heavy atom. The Morgan fingerprint density at radius 3 is 1.89 bits per heavy atom. The van der Waals surface area contributed by atoms with E-state index in [0.29, 0.717) is 15.7 Å². The zero-order chi connectivity index (χ0) is 37.1. The van der Waals surface area contributed by atoms with Gasteiger partial charge in [0.2, 0.25) is 9.84 Å². The molecular formula is C50H44N2O2S. The molecule has 3 atom stereocenters. The fourth-order valence-corrected chi connectivity index (χ4v) is 11.7. The predicted octanol–water partition coefficient (Wildman–Crippen LogP) is 12.9. The molecule has 1 aromatic heterocycles.